The molecule has 0 fully saturated rings. The van der Waals surface area contributed by atoms with Crippen LogP contribution in [0.15, 0.2) is 48.5 Å². The van der Waals surface area contributed by atoms with Crippen LogP contribution in [0.1, 0.15) is 11.1 Å². The van der Waals surface area contributed by atoms with Crippen LogP contribution in [-0.2, 0) is 22.4 Å². The first-order valence-electron chi connectivity index (χ1n) is 6.95. The minimum Gasteiger partial charge on any atom is -0.480 e. The Morgan fingerprint density at radius 1 is 1.13 bits per heavy atom. The number of hydrogen-bond acceptors (Lipinski definition) is 2. The molecule has 0 spiro atoms. The van der Waals surface area contributed by atoms with Crippen molar-refractivity contribution in [2.24, 2.45) is 0 Å². The summed E-state index contributed by atoms with van der Waals surface area (Å²) in [6.07, 6.45) is 0.0296. The van der Waals surface area contributed by atoms with Crippen molar-refractivity contribution >= 4 is 23.5 Å². The molecule has 120 valence electrons. The van der Waals surface area contributed by atoms with Gasteiger partial charge in [-0.15, -0.1) is 0 Å². The predicted molar refractivity (Wildman–Crippen MR) is 84.8 cm³/mol. The van der Waals surface area contributed by atoms with Gasteiger partial charge in [0.25, 0.3) is 0 Å². The molecule has 2 N–H and O–H groups in total. The van der Waals surface area contributed by atoms with Crippen LogP contribution in [0.3, 0.4) is 0 Å². The van der Waals surface area contributed by atoms with Gasteiger partial charge in [0.05, 0.1) is 6.42 Å². The number of hydrogen-bond donors (Lipinski definition) is 2. The van der Waals surface area contributed by atoms with Crippen LogP contribution in [0.2, 0.25) is 5.02 Å². The molecule has 4 nitrogen and oxygen atoms in total. The first-order valence-corrected chi connectivity index (χ1v) is 7.33. The number of benzene rings is 2. The van der Waals surface area contributed by atoms with Gasteiger partial charge in [-0.3, -0.25) is 4.79 Å². The number of aliphatic carboxylic acids is 1. The van der Waals surface area contributed by atoms with E-state index in [1.54, 1.807) is 30.3 Å². The SMILES string of the molecule is O=C(Cc1cccc(F)c1)N[C@H](Cc1cccc(Cl)c1)C(=O)O. The van der Waals surface area contributed by atoms with Crippen LogP contribution >= 0.6 is 11.6 Å². The fourth-order valence-electron chi connectivity index (χ4n) is 2.18. The smallest absolute Gasteiger partial charge is 0.326 e. The Bertz CT molecular complexity index is 720. The Morgan fingerprint density at radius 3 is 2.48 bits per heavy atom. The molecule has 2 rings (SSSR count). The lowest BCUT2D eigenvalue weighted by Crippen LogP contribution is -2.43. The average molecular weight is 336 g/mol. The maximum atomic E-state index is 13.1. The second-order valence-corrected chi connectivity index (χ2v) is 5.54. The molecular weight excluding hydrogens is 321 g/mol. The largest absolute Gasteiger partial charge is 0.480 e. The summed E-state index contributed by atoms with van der Waals surface area (Å²) in [6.45, 7) is 0. The van der Waals surface area contributed by atoms with Crippen molar-refractivity contribution in [2.75, 3.05) is 0 Å². The molecule has 0 aromatic heterocycles. The van der Waals surface area contributed by atoms with Gasteiger partial charge in [-0.05, 0) is 35.4 Å². The average Bonchev–Trinajstić information content (AvgIpc) is 2.46. The Hall–Kier alpha value is -2.40. The summed E-state index contributed by atoms with van der Waals surface area (Å²) in [4.78, 5) is 23.3. The Balaban J connectivity index is 2.01. The minimum atomic E-state index is -1.14. The van der Waals surface area contributed by atoms with Gasteiger partial charge in [0, 0.05) is 11.4 Å². The van der Waals surface area contributed by atoms with Gasteiger partial charge in [-0.1, -0.05) is 35.9 Å². The molecule has 0 aliphatic carbocycles. The van der Waals surface area contributed by atoms with E-state index in [-0.39, 0.29) is 12.8 Å². The summed E-state index contributed by atoms with van der Waals surface area (Å²) >= 11 is 5.87. The van der Waals surface area contributed by atoms with Crippen molar-refractivity contribution < 1.29 is 19.1 Å². The van der Waals surface area contributed by atoms with Gasteiger partial charge < -0.3 is 10.4 Å². The van der Waals surface area contributed by atoms with Gasteiger partial charge in [-0.25, -0.2) is 9.18 Å². The molecule has 0 bridgehead atoms. The van der Waals surface area contributed by atoms with Gasteiger partial charge in [0.15, 0.2) is 0 Å². The zero-order valence-corrected chi connectivity index (χ0v) is 12.9. The molecule has 23 heavy (non-hydrogen) atoms. The summed E-state index contributed by atoms with van der Waals surface area (Å²) in [5.74, 6) is -2.06. The molecule has 0 saturated heterocycles. The molecule has 0 saturated carbocycles. The third-order valence-corrected chi connectivity index (χ3v) is 3.45. The summed E-state index contributed by atoms with van der Waals surface area (Å²) in [5.41, 5.74) is 1.19. The number of nitrogens with one attached hydrogen (secondary N) is 1. The number of amides is 1. The number of carboxylic acid groups (broad SMARTS) is 1. The lowest BCUT2D eigenvalue weighted by molar-refractivity contribution is -0.141. The molecule has 6 heteroatoms. The van der Waals surface area contributed by atoms with E-state index in [0.29, 0.717) is 16.1 Å². The molecular formula is C17H15ClFNO3. The molecule has 1 amide bonds. The van der Waals surface area contributed by atoms with Gasteiger partial charge in [0.2, 0.25) is 5.91 Å². The molecule has 2 aromatic rings. The fourth-order valence-corrected chi connectivity index (χ4v) is 2.39. The summed E-state index contributed by atoms with van der Waals surface area (Å²) in [7, 11) is 0. The minimum absolute atomic E-state index is 0.0862. The van der Waals surface area contributed by atoms with E-state index in [1.807, 2.05) is 0 Å². The van der Waals surface area contributed by atoms with E-state index in [1.165, 1.54) is 18.2 Å². The lowest BCUT2D eigenvalue weighted by Gasteiger charge is -2.15. The number of carbonyl (C=O) groups excluding carboxylic acids is 1. The van der Waals surface area contributed by atoms with Crippen molar-refractivity contribution in [1.82, 2.24) is 5.32 Å². The quantitative estimate of drug-likeness (QED) is 0.853. The highest BCUT2D eigenvalue weighted by Crippen LogP contribution is 2.13. The van der Waals surface area contributed by atoms with E-state index in [0.717, 1.165) is 0 Å². The molecule has 0 radical (unpaired) electrons. The highest BCUT2D eigenvalue weighted by atomic mass is 35.5. The molecule has 0 heterocycles. The van der Waals surface area contributed by atoms with Crippen LogP contribution in [0, 0.1) is 5.82 Å². The second-order valence-electron chi connectivity index (χ2n) is 5.10. The summed E-state index contributed by atoms with van der Waals surface area (Å²) in [5, 5.41) is 12.2. The Morgan fingerprint density at radius 2 is 1.83 bits per heavy atom. The first kappa shape index (κ1) is 17.0. The molecule has 0 aliphatic heterocycles. The molecule has 1 atom stereocenters. The van der Waals surface area contributed by atoms with Gasteiger partial charge in [-0.2, -0.15) is 0 Å². The van der Waals surface area contributed by atoms with Crippen molar-refractivity contribution in [1.29, 1.82) is 0 Å². The normalized spacial score (nSPS) is 11.7. The highest BCUT2D eigenvalue weighted by Gasteiger charge is 2.20. The first-order chi connectivity index (χ1) is 10.9. The van der Waals surface area contributed by atoms with Gasteiger partial charge in [0.1, 0.15) is 11.9 Å². The van der Waals surface area contributed by atoms with Crippen molar-refractivity contribution in [3.05, 3.63) is 70.5 Å². The van der Waals surface area contributed by atoms with Crippen LogP contribution in [0.25, 0.3) is 0 Å². The summed E-state index contributed by atoms with van der Waals surface area (Å²) < 4.78 is 13.1. The molecule has 0 aliphatic rings. The van der Waals surface area contributed by atoms with Crippen molar-refractivity contribution in [3.63, 3.8) is 0 Å². The van der Waals surface area contributed by atoms with Crippen molar-refractivity contribution in [2.45, 2.75) is 18.9 Å². The molecule has 2 aromatic carbocycles. The monoisotopic (exact) mass is 335 g/mol. The summed E-state index contributed by atoms with van der Waals surface area (Å²) in [6, 6.07) is 11.3. The fraction of sp³-hybridized carbons (Fsp3) is 0.176. The van der Waals surface area contributed by atoms with Crippen LogP contribution in [-0.4, -0.2) is 23.0 Å². The number of rotatable bonds is 6. The van der Waals surface area contributed by atoms with Gasteiger partial charge >= 0.3 is 5.97 Å². The zero-order valence-electron chi connectivity index (χ0n) is 12.1. The van der Waals surface area contributed by atoms with Crippen molar-refractivity contribution in [3.8, 4) is 0 Å². The predicted octanol–water partition coefficient (Wildman–Crippen LogP) is 2.83. The van der Waals surface area contributed by atoms with Crippen LogP contribution in [0.4, 0.5) is 4.39 Å². The lowest BCUT2D eigenvalue weighted by atomic mass is 10.1. The standard InChI is InChI=1S/C17H15ClFNO3/c18-13-5-1-3-11(7-13)9-15(17(22)23)20-16(21)10-12-4-2-6-14(19)8-12/h1-8,15H,9-10H2,(H,20,21)(H,22,23)/t15-/m1/s1. The molecule has 0 unspecified atom stereocenters. The Kier molecular flexibility index (Phi) is 5.71. The third-order valence-electron chi connectivity index (χ3n) is 3.22. The van der Waals surface area contributed by atoms with E-state index >= 15 is 0 Å². The van der Waals surface area contributed by atoms with Crippen LogP contribution < -0.4 is 5.32 Å². The van der Waals surface area contributed by atoms with E-state index < -0.39 is 23.7 Å². The van der Waals surface area contributed by atoms with Crippen LogP contribution in [0.5, 0.6) is 0 Å². The third kappa shape index (κ3) is 5.38. The second kappa shape index (κ2) is 7.74. The maximum absolute atomic E-state index is 13.1. The van der Waals surface area contributed by atoms with E-state index in [4.69, 9.17) is 11.6 Å². The number of halogens is 2. The zero-order chi connectivity index (χ0) is 16.8. The Labute approximate surface area is 137 Å². The topological polar surface area (TPSA) is 66.4 Å². The number of carboxylic acids is 1. The van der Waals surface area contributed by atoms with E-state index in [2.05, 4.69) is 5.32 Å². The maximum Gasteiger partial charge on any atom is 0.326 e. The highest BCUT2D eigenvalue weighted by molar-refractivity contribution is 6.30. The number of carbonyl (C=O) groups is 2. The van der Waals surface area contributed by atoms with E-state index in [9.17, 15) is 19.1 Å².